The maximum Gasteiger partial charge on any atom is 0.258 e. The highest BCUT2D eigenvalue weighted by Crippen LogP contribution is 2.21. The van der Waals surface area contributed by atoms with Crippen LogP contribution in [0.25, 0.3) is 5.65 Å². The third-order valence-corrected chi connectivity index (χ3v) is 4.79. The summed E-state index contributed by atoms with van der Waals surface area (Å²) in [5.74, 6) is 0.232. The van der Waals surface area contributed by atoms with E-state index in [-0.39, 0.29) is 18.1 Å². The first-order chi connectivity index (χ1) is 14.5. The number of hydrogen-bond donors (Lipinski definition) is 1. The lowest BCUT2D eigenvalue weighted by atomic mass is 10.2. The van der Waals surface area contributed by atoms with Crippen LogP contribution < -0.4 is 15.6 Å². The summed E-state index contributed by atoms with van der Waals surface area (Å²) in [6.45, 7) is 2.04. The van der Waals surface area contributed by atoms with Crippen molar-refractivity contribution in [2.24, 2.45) is 0 Å². The Morgan fingerprint density at radius 3 is 2.77 bits per heavy atom. The van der Waals surface area contributed by atoms with E-state index < -0.39 is 0 Å². The van der Waals surface area contributed by atoms with Crippen LogP contribution >= 0.6 is 11.6 Å². The number of hydrogen-bond acceptors (Lipinski definition) is 4. The van der Waals surface area contributed by atoms with E-state index in [2.05, 4.69) is 10.3 Å². The lowest BCUT2D eigenvalue weighted by molar-refractivity contribution is 0.102. The molecule has 0 radical (unpaired) electrons. The van der Waals surface area contributed by atoms with E-state index in [0.717, 1.165) is 5.56 Å². The molecule has 4 rings (SSSR count). The molecule has 0 aliphatic carbocycles. The van der Waals surface area contributed by atoms with Gasteiger partial charge >= 0.3 is 0 Å². The number of rotatable bonds is 5. The van der Waals surface area contributed by atoms with Gasteiger partial charge in [0.05, 0.1) is 16.3 Å². The minimum atomic E-state index is -0.308. The van der Waals surface area contributed by atoms with Crippen molar-refractivity contribution in [3.05, 3.63) is 105 Å². The molecule has 0 atom stereocenters. The zero-order valence-electron chi connectivity index (χ0n) is 16.1. The molecule has 7 heteroatoms. The van der Waals surface area contributed by atoms with E-state index in [9.17, 15) is 9.59 Å². The minimum Gasteiger partial charge on any atom is -0.487 e. The SMILES string of the molecule is Cc1ccc2nc(COc3cccc(NC(=O)c4ccccc4Cl)c3)cc(=O)n2c1. The molecule has 6 nitrogen and oxygen atoms in total. The second-order valence-corrected chi connectivity index (χ2v) is 7.18. The summed E-state index contributed by atoms with van der Waals surface area (Å²) in [6.07, 6.45) is 1.75. The summed E-state index contributed by atoms with van der Waals surface area (Å²) < 4.78 is 7.29. The topological polar surface area (TPSA) is 72.7 Å². The normalized spacial score (nSPS) is 10.7. The monoisotopic (exact) mass is 419 g/mol. The smallest absolute Gasteiger partial charge is 0.258 e. The van der Waals surface area contributed by atoms with Gasteiger partial charge < -0.3 is 10.1 Å². The summed E-state index contributed by atoms with van der Waals surface area (Å²) in [7, 11) is 0. The molecule has 0 unspecified atom stereocenters. The van der Waals surface area contributed by atoms with Crippen LogP contribution in [-0.2, 0) is 6.61 Å². The third-order valence-electron chi connectivity index (χ3n) is 4.46. The van der Waals surface area contributed by atoms with Crippen molar-refractivity contribution >= 4 is 28.8 Å². The first-order valence-corrected chi connectivity index (χ1v) is 9.65. The zero-order valence-corrected chi connectivity index (χ0v) is 16.9. The van der Waals surface area contributed by atoms with Crippen molar-refractivity contribution in [3.63, 3.8) is 0 Å². The number of nitrogens with zero attached hydrogens (tertiary/aromatic N) is 2. The average Bonchev–Trinajstić information content (AvgIpc) is 2.73. The quantitative estimate of drug-likeness (QED) is 0.517. The Labute approximate surface area is 177 Å². The second-order valence-electron chi connectivity index (χ2n) is 6.77. The number of anilines is 1. The van der Waals surface area contributed by atoms with Crippen LogP contribution in [0.5, 0.6) is 5.75 Å². The number of carbonyl (C=O) groups excluding carboxylic acids is 1. The second kappa shape index (κ2) is 8.39. The van der Waals surface area contributed by atoms with Crippen molar-refractivity contribution in [2.75, 3.05) is 5.32 Å². The highest BCUT2D eigenvalue weighted by Gasteiger charge is 2.10. The Hall–Kier alpha value is -3.64. The molecule has 0 saturated carbocycles. The molecule has 0 aliphatic heterocycles. The van der Waals surface area contributed by atoms with E-state index >= 15 is 0 Å². The van der Waals surface area contributed by atoms with Crippen LogP contribution in [0, 0.1) is 6.92 Å². The lowest BCUT2D eigenvalue weighted by Crippen LogP contribution is -2.16. The molecule has 0 bridgehead atoms. The lowest BCUT2D eigenvalue weighted by Gasteiger charge is -2.10. The van der Waals surface area contributed by atoms with Gasteiger partial charge in [-0.25, -0.2) is 4.98 Å². The Kier molecular flexibility index (Phi) is 5.50. The Morgan fingerprint density at radius 2 is 1.93 bits per heavy atom. The number of ether oxygens (including phenoxy) is 1. The van der Waals surface area contributed by atoms with Gasteiger partial charge in [-0.05, 0) is 42.8 Å². The molecule has 4 aromatic rings. The van der Waals surface area contributed by atoms with Gasteiger partial charge in [0.1, 0.15) is 18.0 Å². The van der Waals surface area contributed by atoms with Crippen molar-refractivity contribution in [2.45, 2.75) is 13.5 Å². The number of amides is 1. The van der Waals surface area contributed by atoms with Gasteiger partial charge in [-0.15, -0.1) is 0 Å². The molecule has 0 aliphatic rings. The molecule has 1 N–H and O–H groups in total. The predicted octanol–water partition coefficient (Wildman–Crippen LogP) is 4.49. The van der Waals surface area contributed by atoms with Crippen LogP contribution in [-0.4, -0.2) is 15.3 Å². The summed E-state index contributed by atoms with van der Waals surface area (Å²) in [5.41, 5.74) is 2.86. The largest absolute Gasteiger partial charge is 0.487 e. The number of benzene rings is 2. The molecule has 0 fully saturated rings. The molecular formula is C23H18ClN3O3. The van der Waals surface area contributed by atoms with Crippen LogP contribution in [0.15, 0.2) is 77.7 Å². The summed E-state index contributed by atoms with van der Waals surface area (Å²) in [6, 6.07) is 19.0. The van der Waals surface area contributed by atoms with Gasteiger partial charge in [0, 0.05) is 24.0 Å². The van der Waals surface area contributed by atoms with Crippen molar-refractivity contribution in [1.29, 1.82) is 0 Å². The summed E-state index contributed by atoms with van der Waals surface area (Å²) >= 11 is 6.08. The van der Waals surface area contributed by atoms with E-state index in [1.165, 1.54) is 10.5 Å². The highest BCUT2D eigenvalue weighted by molar-refractivity contribution is 6.34. The van der Waals surface area contributed by atoms with Gasteiger partial charge in [-0.3, -0.25) is 14.0 Å². The number of aryl methyl sites for hydroxylation is 1. The predicted molar refractivity (Wildman–Crippen MR) is 116 cm³/mol. The number of fused-ring (bicyclic) bond motifs is 1. The Morgan fingerprint density at radius 1 is 1.10 bits per heavy atom. The number of aromatic nitrogens is 2. The fraction of sp³-hybridized carbons (Fsp3) is 0.0870. The number of pyridine rings is 1. The van der Waals surface area contributed by atoms with Crippen molar-refractivity contribution < 1.29 is 9.53 Å². The first kappa shape index (κ1) is 19.7. The van der Waals surface area contributed by atoms with Crippen molar-refractivity contribution in [1.82, 2.24) is 9.38 Å². The first-order valence-electron chi connectivity index (χ1n) is 9.27. The van der Waals surface area contributed by atoms with E-state index in [1.54, 1.807) is 60.8 Å². The fourth-order valence-electron chi connectivity index (χ4n) is 3.00. The molecule has 0 spiro atoms. The van der Waals surface area contributed by atoms with Gasteiger partial charge in [-0.1, -0.05) is 35.9 Å². The molecule has 2 heterocycles. The molecule has 150 valence electrons. The van der Waals surface area contributed by atoms with E-state index in [0.29, 0.717) is 33.4 Å². The zero-order chi connectivity index (χ0) is 21.1. The summed E-state index contributed by atoms with van der Waals surface area (Å²) in [5, 5.41) is 3.18. The van der Waals surface area contributed by atoms with Crippen LogP contribution in [0.4, 0.5) is 5.69 Å². The Bertz CT molecular complexity index is 1300. The third kappa shape index (κ3) is 4.34. The van der Waals surface area contributed by atoms with Crippen LogP contribution in [0.2, 0.25) is 5.02 Å². The van der Waals surface area contributed by atoms with Crippen LogP contribution in [0.1, 0.15) is 21.6 Å². The number of nitrogens with one attached hydrogen (secondary N) is 1. The Balaban J connectivity index is 1.48. The average molecular weight is 420 g/mol. The molecule has 0 saturated heterocycles. The van der Waals surface area contributed by atoms with E-state index in [4.69, 9.17) is 16.3 Å². The molecule has 30 heavy (non-hydrogen) atoms. The van der Waals surface area contributed by atoms with E-state index in [1.807, 2.05) is 13.0 Å². The maximum atomic E-state index is 12.4. The standard InChI is InChI=1S/C23H18ClN3O3/c1-15-9-10-21-25-17(12-22(28)27(21)13-15)14-30-18-6-4-5-16(11-18)26-23(29)19-7-2-3-8-20(19)24/h2-13H,14H2,1H3,(H,26,29). The van der Waals surface area contributed by atoms with Gasteiger partial charge in [0.2, 0.25) is 0 Å². The van der Waals surface area contributed by atoms with Gasteiger partial charge in [0.25, 0.3) is 11.5 Å². The summed E-state index contributed by atoms with van der Waals surface area (Å²) in [4.78, 5) is 29.2. The minimum absolute atomic E-state index is 0.127. The maximum absolute atomic E-state index is 12.4. The molecule has 2 aromatic heterocycles. The number of halogens is 1. The molecular weight excluding hydrogens is 402 g/mol. The highest BCUT2D eigenvalue weighted by atomic mass is 35.5. The number of carbonyl (C=O) groups is 1. The molecule has 2 aromatic carbocycles. The van der Waals surface area contributed by atoms with Gasteiger partial charge in [-0.2, -0.15) is 0 Å². The van der Waals surface area contributed by atoms with Crippen LogP contribution in [0.3, 0.4) is 0 Å². The van der Waals surface area contributed by atoms with Gasteiger partial charge in [0.15, 0.2) is 0 Å². The molecule has 1 amide bonds. The van der Waals surface area contributed by atoms with Crippen molar-refractivity contribution in [3.8, 4) is 5.75 Å². The fourth-order valence-corrected chi connectivity index (χ4v) is 3.22.